The number of Topliss-reactive ketones (excluding diaryl/α,β-unsaturated/α-hetero) is 2. The third-order valence-electron chi connectivity index (χ3n) is 3.38. The highest BCUT2D eigenvalue weighted by atomic mass is 16.6. The van der Waals surface area contributed by atoms with Crippen LogP contribution in [-0.4, -0.2) is 64.4 Å². The molecule has 0 amide bonds. The van der Waals surface area contributed by atoms with E-state index in [1.807, 2.05) is 13.8 Å². The molecule has 0 unspecified atom stereocenters. The quantitative estimate of drug-likeness (QED) is 0.350. The number of hydrogen-bond acceptors (Lipinski definition) is 6. The Balaban J connectivity index is 3.17. The lowest BCUT2D eigenvalue weighted by atomic mass is 10.0. The molecule has 0 aliphatic rings. The fourth-order valence-corrected chi connectivity index (χ4v) is 1.93. The summed E-state index contributed by atoms with van der Waals surface area (Å²) in [7, 11) is 0. The third-order valence-corrected chi connectivity index (χ3v) is 3.38. The molecule has 148 valence electrons. The molecule has 6 heteroatoms. The maximum Gasteiger partial charge on any atom is 0.160 e. The molecule has 0 spiro atoms. The van der Waals surface area contributed by atoms with Gasteiger partial charge in [-0.3, -0.25) is 9.59 Å². The maximum absolute atomic E-state index is 11.5. The summed E-state index contributed by atoms with van der Waals surface area (Å²) in [6, 6.07) is 0. The molecule has 0 heterocycles. The van der Waals surface area contributed by atoms with Crippen LogP contribution in [0.3, 0.4) is 0 Å². The second-order valence-electron chi connectivity index (χ2n) is 6.75. The van der Waals surface area contributed by atoms with Crippen molar-refractivity contribution >= 4 is 11.6 Å². The van der Waals surface area contributed by atoms with Crippen LogP contribution in [0.4, 0.5) is 0 Å². The molecule has 0 saturated heterocycles. The monoisotopic (exact) mass is 360 g/mol. The molecule has 0 radical (unpaired) electrons. The highest BCUT2D eigenvalue weighted by molar-refractivity contribution is 5.81. The lowest BCUT2D eigenvalue weighted by Gasteiger charge is -2.08. The van der Waals surface area contributed by atoms with E-state index in [0.717, 1.165) is 6.42 Å². The van der Waals surface area contributed by atoms with Crippen LogP contribution >= 0.6 is 0 Å². The lowest BCUT2D eigenvalue weighted by Crippen LogP contribution is -2.17. The highest BCUT2D eigenvalue weighted by Crippen LogP contribution is 2.04. The van der Waals surface area contributed by atoms with Gasteiger partial charge in [-0.05, 0) is 12.3 Å². The first kappa shape index (κ1) is 24.2. The average molecular weight is 360 g/mol. The standard InChI is InChI=1S/C19H36O6/c1-16(2)14-18(20)6-5-7-22-8-9-23-10-11-24-12-13-25-15-19(21)17(3)4/h16-17H,5-15H2,1-4H3. The zero-order valence-electron chi connectivity index (χ0n) is 16.4. The van der Waals surface area contributed by atoms with Gasteiger partial charge in [-0.15, -0.1) is 0 Å². The molecular weight excluding hydrogens is 324 g/mol. The largest absolute Gasteiger partial charge is 0.379 e. The normalized spacial score (nSPS) is 11.4. The van der Waals surface area contributed by atoms with Crippen LogP contribution in [0.5, 0.6) is 0 Å². The molecule has 0 bridgehead atoms. The average Bonchev–Trinajstić information content (AvgIpc) is 2.54. The minimum atomic E-state index is 0.0112. The van der Waals surface area contributed by atoms with Crippen molar-refractivity contribution in [2.75, 3.05) is 52.9 Å². The Hall–Kier alpha value is -0.820. The van der Waals surface area contributed by atoms with E-state index >= 15 is 0 Å². The number of carbonyl (C=O) groups is 2. The van der Waals surface area contributed by atoms with Gasteiger partial charge in [0.15, 0.2) is 5.78 Å². The van der Waals surface area contributed by atoms with Gasteiger partial charge in [0.25, 0.3) is 0 Å². The second kappa shape index (κ2) is 16.6. The minimum Gasteiger partial charge on any atom is -0.379 e. The number of ketones is 2. The predicted molar refractivity (Wildman–Crippen MR) is 96.8 cm³/mol. The fraction of sp³-hybridized carbons (Fsp3) is 0.895. The fourth-order valence-electron chi connectivity index (χ4n) is 1.93. The van der Waals surface area contributed by atoms with Gasteiger partial charge in [0.2, 0.25) is 0 Å². The minimum absolute atomic E-state index is 0.0112. The van der Waals surface area contributed by atoms with Crippen molar-refractivity contribution in [3.63, 3.8) is 0 Å². The first-order valence-corrected chi connectivity index (χ1v) is 9.28. The van der Waals surface area contributed by atoms with Crippen LogP contribution in [0.2, 0.25) is 0 Å². The second-order valence-corrected chi connectivity index (χ2v) is 6.75. The van der Waals surface area contributed by atoms with Crippen LogP contribution in [0.1, 0.15) is 47.0 Å². The van der Waals surface area contributed by atoms with E-state index in [1.54, 1.807) is 0 Å². The molecule has 0 aliphatic heterocycles. The van der Waals surface area contributed by atoms with Crippen LogP contribution in [0.15, 0.2) is 0 Å². The first-order chi connectivity index (χ1) is 11.9. The van der Waals surface area contributed by atoms with Crippen LogP contribution in [0, 0.1) is 11.8 Å². The summed E-state index contributed by atoms with van der Waals surface area (Å²) in [4.78, 5) is 22.8. The summed E-state index contributed by atoms with van der Waals surface area (Å²) in [5.41, 5.74) is 0. The molecule has 0 aliphatic carbocycles. The summed E-state index contributed by atoms with van der Waals surface area (Å²) in [5, 5.41) is 0. The highest BCUT2D eigenvalue weighted by Gasteiger charge is 2.06. The smallest absolute Gasteiger partial charge is 0.160 e. The number of carbonyl (C=O) groups excluding carboxylic acids is 2. The molecule has 0 aromatic heterocycles. The predicted octanol–water partition coefficient (Wildman–Crippen LogP) is 2.67. The molecule has 6 nitrogen and oxygen atoms in total. The van der Waals surface area contributed by atoms with Gasteiger partial charge in [0.05, 0.1) is 39.6 Å². The summed E-state index contributed by atoms with van der Waals surface area (Å²) in [6.45, 7) is 11.5. The van der Waals surface area contributed by atoms with E-state index in [4.69, 9.17) is 18.9 Å². The van der Waals surface area contributed by atoms with Crippen LogP contribution < -0.4 is 0 Å². The molecule has 0 saturated carbocycles. The van der Waals surface area contributed by atoms with Crippen molar-refractivity contribution in [2.24, 2.45) is 11.8 Å². The Labute approximate surface area is 152 Å². The van der Waals surface area contributed by atoms with Crippen molar-refractivity contribution in [1.29, 1.82) is 0 Å². The Kier molecular flexibility index (Phi) is 16.1. The molecule has 0 atom stereocenters. The topological polar surface area (TPSA) is 71.1 Å². The van der Waals surface area contributed by atoms with Crippen molar-refractivity contribution in [3.05, 3.63) is 0 Å². The Bertz CT molecular complexity index is 341. The van der Waals surface area contributed by atoms with Gasteiger partial charge in [0, 0.05) is 25.4 Å². The molecule has 0 aromatic rings. The van der Waals surface area contributed by atoms with E-state index in [2.05, 4.69) is 13.8 Å². The van der Waals surface area contributed by atoms with Gasteiger partial charge >= 0.3 is 0 Å². The summed E-state index contributed by atoms with van der Waals surface area (Å²) < 4.78 is 21.4. The molecule has 0 fully saturated rings. The van der Waals surface area contributed by atoms with E-state index in [1.165, 1.54) is 0 Å². The Morgan fingerprint density at radius 1 is 0.720 bits per heavy atom. The van der Waals surface area contributed by atoms with E-state index in [9.17, 15) is 9.59 Å². The van der Waals surface area contributed by atoms with Gasteiger partial charge in [-0.25, -0.2) is 0 Å². The summed E-state index contributed by atoms with van der Waals surface area (Å²) in [6.07, 6.45) is 2.02. The first-order valence-electron chi connectivity index (χ1n) is 9.28. The van der Waals surface area contributed by atoms with E-state index in [0.29, 0.717) is 70.8 Å². The lowest BCUT2D eigenvalue weighted by molar-refractivity contribution is -0.127. The van der Waals surface area contributed by atoms with Gasteiger partial charge < -0.3 is 18.9 Å². The summed E-state index contributed by atoms with van der Waals surface area (Å²) >= 11 is 0. The zero-order chi connectivity index (χ0) is 18.9. The molecular formula is C19H36O6. The molecule has 0 N–H and O–H groups in total. The summed E-state index contributed by atoms with van der Waals surface area (Å²) in [5.74, 6) is 0.854. The van der Waals surface area contributed by atoms with E-state index < -0.39 is 0 Å². The third kappa shape index (κ3) is 17.8. The Morgan fingerprint density at radius 2 is 1.20 bits per heavy atom. The zero-order valence-corrected chi connectivity index (χ0v) is 16.4. The van der Waals surface area contributed by atoms with E-state index in [-0.39, 0.29) is 18.3 Å². The number of ether oxygens (including phenoxy) is 4. The molecule has 25 heavy (non-hydrogen) atoms. The SMILES string of the molecule is CC(C)CC(=O)CCCOCCOCCOCCOCC(=O)C(C)C. The van der Waals surface area contributed by atoms with Gasteiger partial charge in [0.1, 0.15) is 12.4 Å². The molecule has 0 rings (SSSR count). The Morgan fingerprint density at radius 3 is 1.68 bits per heavy atom. The van der Waals surface area contributed by atoms with Gasteiger partial charge in [-0.1, -0.05) is 27.7 Å². The van der Waals surface area contributed by atoms with Crippen molar-refractivity contribution in [1.82, 2.24) is 0 Å². The number of rotatable bonds is 18. The number of hydrogen-bond donors (Lipinski definition) is 0. The maximum atomic E-state index is 11.5. The van der Waals surface area contributed by atoms with Crippen molar-refractivity contribution < 1.29 is 28.5 Å². The van der Waals surface area contributed by atoms with Crippen LogP contribution in [0.25, 0.3) is 0 Å². The van der Waals surface area contributed by atoms with Crippen LogP contribution in [-0.2, 0) is 28.5 Å². The van der Waals surface area contributed by atoms with Gasteiger partial charge in [-0.2, -0.15) is 0 Å². The van der Waals surface area contributed by atoms with Crippen molar-refractivity contribution in [3.8, 4) is 0 Å². The van der Waals surface area contributed by atoms with Crippen molar-refractivity contribution in [2.45, 2.75) is 47.0 Å². The molecule has 0 aromatic carbocycles.